The lowest BCUT2D eigenvalue weighted by Crippen LogP contribution is -2.37. The summed E-state index contributed by atoms with van der Waals surface area (Å²) >= 11 is 1.60. The van der Waals surface area contributed by atoms with Gasteiger partial charge in [0, 0.05) is 13.1 Å². The summed E-state index contributed by atoms with van der Waals surface area (Å²) in [5.74, 6) is 0.846. The van der Waals surface area contributed by atoms with Crippen LogP contribution in [0, 0.1) is 13.8 Å². The van der Waals surface area contributed by atoms with Gasteiger partial charge in [-0.2, -0.15) is 0 Å². The van der Waals surface area contributed by atoms with Crippen molar-refractivity contribution in [1.29, 1.82) is 0 Å². The summed E-state index contributed by atoms with van der Waals surface area (Å²) in [5, 5.41) is 0.771. The molecule has 0 bridgehead atoms. The van der Waals surface area contributed by atoms with E-state index in [9.17, 15) is 4.79 Å². The molecule has 148 valence electrons. The molecule has 0 unspecified atom stereocenters. The predicted octanol–water partition coefficient (Wildman–Crippen LogP) is 4.06. The fourth-order valence-electron chi connectivity index (χ4n) is 3.00. The van der Waals surface area contributed by atoms with Crippen LogP contribution in [0.15, 0.2) is 36.4 Å². The Kier molecular flexibility index (Phi) is 6.31. The topological polar surface area (TPSA) is 45.7 Å². The first kappa shape index (κ1) is 20.3. The van der Waals surface area contributed by atoms with Gasteiger partial charge in [0.2, 0.25) is 5.91 Å². The molecule has 0 aliphatic heterocycles. The Morgan fingerprint density at radius 1 is 1.04 bits per heavy atom. The number of methoxy groups -OCH3 is 1. The van der Waals surface area contributed by atoms with Crippen LogP contribution in [0.5, 0.6) is 5.75 Å². The van der Waals surface area contributed by atoms with Gasteiger partial charge in [-0.3, -0.25) is 9.69 Å². The molecule has 2 aromatic carbocycles. The van der Waals surface area contributed by atoms with Crippen LogP contribution in [0.4, 0.5) is 5.13 Å². The van der Waals surface area contributed by atoms with Crippen LogP contribution in [0.2, 0.25) is 0 Å². The number of rotatable bonds is 7. The maximum atomic E-state index is 13.2. The number of nitrogens with zero attached hydrogens (tertiary/aromatic N) is 3. The summed E-state index contributed by atoms with van der Waals surface area (Å²) in [6, 6.07) is 11.9. The summed E-state index contributed by atoms with van der Waals surface area (Å²) in [6.45, 7) is 5.55. The molecule has 0 atom stereocenters. The fourth-order valence-corrected chi connectivity index (χ4v) is 4.16. The van der Waals surface area contributed by atoms with Gasteiger partial charge >= 0.3 is 0 Å². The van der Waals surface area contributed by atoms with Crippen molar-refractivity contribution in [2.45, 2.75) is 20.3 Å². The van der Waals surface area contributed by atoms with Crippen LogP contribution in [0.25, 0.3) is 10.2 Å². The number of fused-ring (bicyclic) bond motifs is 1. The maximum absolute atomic E-state index is 13.2. The van der Waals surface area contributed by atoms with Crippen molar-refractivity contribution < 1.29 is 9.53 Å². The Labute approximate surface area is 170 Å². The summed E-state index contributed by atoms with van der Waals surface area (Å²) in [6.07, 6.45) is 0.339. The molecule has 0 N–H and O–H groups in total. The number of carbonyl (C=O) groups is 1. The first-order chi connectivity index (χ1) is 13.4. The van der Waals surface area contributed by atoms with E-state index in [4.69, 9.17) is 9.72 Å². The van der Waals surface area contributed by atoms with E-state index in [-0.39, 0.29) is 5.91 Å². The molecule has 0 aliphatic rings. The molecule has 28 heavy (non-hydrogen) atoms. The van der Waals surface area contributed by atoms with E-state index in [1.807, 2.05) is 43.3 Å². The smallest absolute Gasteiger partial charge is 0.233 e. The predicted molar refractivity (Wildman–Crippen MR) is 117 cm³/mol. The lowest BCUT2D eigenvalue weighted by Gasteiger charge is -2.22. The molecule has 1 heterocycles. The molecule has 0 saturated heterocycles. The molecule has 5 nitrogen and oxygen atoms in total. The number of hydrogen-bond acceptors (Lipinski definition) is 5. The Bertz CT molecular complexity index is 925. The highest BCUT2D eigenvalue weighted by atomic mass is 32.1. The van der Waals surface area contributed by atoms with Crippen molar-refractivity contribution in [3.05, 3.63) is 53.1 Å². The molecule has 0 fully saturated rings. The SMILES string of the molecule is COc1ccc(CC(=O)N(CCN(C)C)c2nc3c(C)ccc(C)c3s2)cc1. The minimum absolute atomic E-state index is 0.0568. The summed E-state index contributed by atoms with van der Waals surface area (Å²) in [7, 11) is 5.66. The third-order valence-electron chi connectivity index (χ3n) is 4.75. The summed E-state index contributed by atoms with van der Waals surface area (Å²) < 4.78 is 6.36. The third kappa shape index (κ3) is 4.51. The zero-order valence-electron chi connectivity index (χ0n) is 17.2. The van der Waals surface area contributed by atoms with Gasteiger partial charge in [0.05, 0.1) is 23.7 Å². The van der Waals surface area contributed by atoms with Gasteiger partial charge in [0.1, 0.15) is 5.75 Å². The van der Waals surface area contributed by atoms with Gasteiger partial charge in [0.15, 0.2) is 5.13 Å². The van der Waals surface area contributed by atoms with Crippen molar-refractivity contribution in [3.8, 4) is 5.75 Å². The highest BCUT2D eigenvalue weighted by molar-refractivity contribution is 7.22. The average Bonchev–Trinajstić information content (AvgIpc) is 3.12. The van der Waals surface area contributed by atoms with Crippen LogP contribution < -0.4 is 9.64 Å². The minimum Gasteiger partial charge on any atom is -0.497 e. The van der Waals surface area contributed by atoms with Gasteiger partial charge < -0.3 is 9.64 Å². The zero-order valence-corrected chi connectivity index (χ0v) is 18.0. The zero-order chi connectivity index (χ0) is 20.3. The van der Waals surface area contributed by atoms with Crippen molar-refractivity contribution in [1.82, 2.24) is 9.88 Å². The molecule has 3 aromatic rings. The van der Waals surface area contributed by atoms with E-state index in [1.165, 1.54) is 5.56 Å². The number of amides is 1. The number of hydrogen-bond donors (Lipinski definition) is 0. The largest absolute Gasteiger partial charge is 0.497 e. The molecular formula is C22H27N3O2S. The van der Waals surface area contributed by atoms with Gasteiger partial charge in [0.25, 0.3) is 0 Å². The molecule has 3 rings (SSSR count). The first-order valence-corrected chi connectivity index (χ1v) is 10.2. The van der Waals surface area contributed by atoms with Gasteiger partial charge in [-0.05, 0) is 56.8 Å². The number of thiazole rings is 1. The van der Waals surface area contributed by atoms with E-state index >= 15 is 0 Å². The number of aromatic nitrogens is 1. The van der Waals surface area contributed by atoms with E-state index in [1.54, 1.807) is 18.4 Å². The van der Waals surface area contributed by atoms with Crippen molar-refractivity contribution >= 4 is 32.6 Å². The highest BCUT2D eigenvalue weighted by Crippen LogP contribution is 2.33. The summed E-state index contributed by atoms with van der Waals surface area (Å²) in [5.41, 5.74) is 4.29. The normalized spacial score (nSPS) is 11.2. The number of anilines is 1. The van der Waals surface area contributed by atoms with E-state index < -0.39 is 0 Å². The van der Waals surface area contributed by atoms with Crippen molar-refractivity contribution in [2.24, 2.45) is 0 Å². The molecule has 0 saturated carbocycles. The second-order valence-electron chi connectivity index (χ2n) is 7.25. The number of benzene rings is 2. The standard InChI is InChI=1S/C22H27N3O2S/c1-15-6-7-16(2)21-20(15)23-22(28-21)25(13-12-24(3)4)19(26)14-17-8-10-18(27-5)11-9-17/h6-11H,12-14H2,1-5H3. The average molecular weight is 398 g/mol. The Morgan fingerprint density at radius 2 is 1.71 bits per heavy atom. The lowest BCUT2D eigenvalue weighted by molar-refractivity contribution is -0.118. The minimum atomic E-state index is 0.0568. The van der Waals surface area contributed by atoms with Crippen LogP contribution in [0.1, 0.15) is 16.7 Å². The van der Waals surface area contributed by atoms with E-state index in [0.717, 1.165) is 38.8 Å². The van der Waals surface area contributed by atoms with Gasteiger partial charge in [-0.25, -0.2) is 4.98 Å². The van der Waals surface area contributed by atoms with Crippen molar-refractivity contribution in [3.63, 3.8) is 0 Å². The van der Waals surface area contributed by atoms with Gasteiger partial charge in [-0.15, -0.1) is 0 Å². The monoisotopic (exact) mass is 397 g/mol. The van der Waals surface area contributed by atoms with Crippen LogP contribution in [0.3, 0.4) is 0 Å². The quantitative estimate of drug-likeness (QED) is 0.603. The second-order valence-corrected chi connectivity index (χ2v) is 8.22. The third-order valence-corrected chi connectivity index (χ3v) is 5.96. The van der Waals surface area contributed by atoms with Crippen LogP contribution >= 0.6 is 11.3 Å². The highest BCUT2D eigenvalue weighted by Gasteiger charge is 2.21. The molecule has 0 aliphatic carbocycles. The lowest BCUT2D eigenvalue weighted by atomic mass is 10.1. The second kappa shape index (κ2) is 8.71. The molecule has 1 aromatic heterocycles. The summed E-state index contributed by atoms with van der Waals surface area (Å²) in [4.78, 5) is 21.9. The fraction of sp³-hybridized carbons (Fsp3) is 0.364. The van der Waals surface area contributed by atoms with Crippen LogP contribution in [-0.2, 0) is 11.2 Å². The van der Waals surface area contributed by atoms with Crippen molar-refractivity contribution in [2.75, 3.05) is 39.2 Å². The maximum Gasteiger partial charge on any atom is 0.233 e. The number of ether oxygens (including phenoxy) is 1. The van der Waals surface area contributed by atoms with E-state index in [0.29, 0.717) is 13.0 Å². The molecular weight excluding hydrogens is 370 g/mol. The molecule has 6 heteroatoms. The molecule has 1 amide bonds. The Balaban J connectivity index is 1.90. The Morgan fingerprint density at radius 3 is 2.32 bits per heavy atom. The van der Waals surface area contributed by atoms with Crippen LogP contribution in [-0.4, -0.2) is 50.1 Å². The van der Waals surface area contributed by atoms with E-state index in [2.05, 4.69) is 30.9 Å². The molecule has 0 radical (unpaired) electrons. The van der Waals surface area contributed by atoms with Gasteiger partial charge in [-0.1, -0.05) is 35.6 Å². The Hall–Kier alpha value is -2.44. The number of carbonyl (C=O) groups excluding carboxylic acids is 1. The number of aryl methyl sites for hydroxylation is 2. The number of likely N-dealkylation sites (N-methyl/N-ethyl adjacent to an activating group) is 1. The molecule has 0 spiro atoms. The first-order valence-electron chi connectivity index (χ1n) is 9.34.